The lowest BCUT2D eigenvalue weighted by atomic mass is 9.92. The summed E-state index contributed by atoms with van der Waals surface area (Å²) >= 11 is 0. The molecule has 0 fully saturated rings. The van der Waals surface area contributed by atoms with E-state index >= 15 is 0 Å². The van der Waals surface area contributed by atoms with Crippen LogP contribution < -0.4 is 14.8 Å². The largest absolute Gasteiger partial charge is 0.508 e. The summed E-state index contributed by atoms with van der Waals surface area (Å²) in [5.41, 5.74) is 2.00. The highest BCUT2D eigenvalue weighted by molar-refractivity contribution is 5.96. The number of amides is 1. The van der Waals surface area contributed by atoms with Crippen LogP contribution >= 0.6 is 0 Å². The Balaban J connectivity index is 1.57. The van der Waals surface area contributed by atoms with E-state index < -0.39 is 6.04 Å². The van der Waals surface area contributed by atoms with Crippen molar-refractivity contribution in [1.82, 2.24) is 5.32 Å². The Morgan fingerprint density at radius 3 is 2.42 bits per heavy atom. The zero-order valence-corrected chi connectivity index (χ0v) is 16.7. The molecule has 1 aliphatic rings. The van der Waals surface area contributed by atoms with E-state index in [1.165, 1.54) is 0 Å². The topological polar surface area (TPSA) is 67.8 Å². The first-order valence-corrected chi connectivity index (χ1v) is 10.2. The van der Waals surface area contributed by atoms with E-state index in [2.05, 4.69) is 5.32 Å². The lowest BCUT2D eigenvalue weighted by Crippen LogP contribution is -2.29. The van der Waals surface area contributed by atoms with Gasteiger partial charge in [-0.1, -0.05) is 60.7 Å². The highest BCUT2D eigenvalue weighted by Gasteiger charge is 2.24. The van der Waals surface area contributed by atoms with Gasteiger partial charge in [-0.25, -0.2) is 0 Å². The van der Waals surface area contributed by atoms with Crippen LogP contribution in [0.3, 0.4) is 0 Å². The molecule has 1 unspecified atom stereocenters. The van der Waals surface area contributed by atoms with Crippen LogP contribution in [0.25, 0.3) is 10.8 Å². The standard InChI is InChI=1S/C26H21NO4/c28-21-12-10-17-6-4-5-9-20(17)24(21)25(18-7-2-1-3-8-18)27-26(29)19-11-13-22-23(16-19)31-15-14-30-22/h1-13,16,25,28H,14-15H2,(H,27,29). The van der Waals surface area contributed by atoms with Crippen molar-refractivity contribution in [3.63, 3.8) is 0 Å². The van der Waals surface area contributed by atoms with Gasteiger partial charge in [-0.15, -0.1) is 0 Å². The van der Waals surface area contributed by atoms with Gasteiger partial charge in [0.05, 0.1) is 6.04 Å². The van der Waals surface area contributed by atoms with Crippen molar-refractivity contribution in [3.8, 4) is 17.2 Å². The average molecular weight is 411 g/mol. The van der Waals surface area contributed by atoms with Crippen molar-refractivity contribution in [2.24, 2.45) is 0 Å². The van der Waals surface area contributed by atoms with Gasteiger partial charge in [-0.05, 0) is 40.6 Å². The summed E-state index contributed by atoms with van der Waals surface area (Å²) in [5.74, 6) is 1.06. The molecule has 4 aromatic carbocycles. The Labute approximate surface area is 179 Å². The second kappa shape index (κ2) is 8.03. The van der Waals surface area contributed by atoms with E-state index in [1.54, 1.807) is 24.3 Å². The third-order valence-corrected chi connectivity index (χ3v) is 5.45. The first-order chi connectivity index (χ1) is 15.2. The number of rotatable bonds is 4. The maximum absolute atomic E-state index is 13.2. The SMILES string of the molecule is O=C(NC(c1ccccc1)c1c(O)ccc2ccccc12)c1ccc2c(c1)OCCO2. The molecule has 154 valence electrons. The highest BCUT2D eigenvalue weighted by atomic mass is 16.6. The number of carbonyl (C=O) groups excluding carboxylic acids is 1. The van der Waals surface area contributed by atoms with Gasteiger partial charge in [0.15, 0.2) is 11.5 Å². The summed E-state index contributed by atoms with van der Waals surface area (Å²) in [6.07, 6.45) is 0. The molecule has 0 saturated carbocycles. The maximum Gasteiger partial charge on any atom is 0.252 e. The maximum atomic E-state index is 13.2. The van der Waals surface area contributed by atoms with Crippen LogP contribution in [0.15, 0.2) is 84.9 Å². The molecule has 0 bridgehead atoms. The Morgan fingerprint density at radius 2 is 1.58 bits per heavy atom. The van der Waals surface area contributed by atoms with Gasteiger partial charge in [0, 0.05) is 11.1 Å². The quantitative estimate of drug-likeness (QED) is 0.504. The number of phenolic OH excluding ortho intramolecular Hbond substituents is 1. The van der Waals surface area contributed by atoms with Crippen LogP contribution in [0, 0.1) is 0 Å². The first kappa shape index (κ1) is 19.0. The van der Waals surface area contributed by atoms with E-state index in [1.807, 2.05) is 60.7 Å². The Hall–Kier alpha value is -3.99. The van der Waals surface area contributed by atoms with E-state index in [0.717, 1.165) is 16.3 Å². The highest BCUT2D eigenvalue weighted by Crippen LogP contribution is 2.36. The third-order valence-electron chi connectivity index (χ3n) is 5.45. The molecule has 0 spiro atoms. The van der Waals surface area contributed by atoms with E-state index in [9.17, 15) is 9.90 Å². The fourth-order valence-electron chi connectivity index (χ4n) is 3.95. The molecule has 31 heavy (non-hydrogen) atoms. The van der Waals surface area contributed by atoms with Crippen LogP contribution in [-0.2, 0) is 0 Å². The zero-order chi connectivity index (χ0) is 21.2. The number of benzene rings is 4. The summed E-state index contributed by atoms with van der Waals surface area (Å²) in [6.45, 7) is 0.948. The van der Waals surface area contributed by atoms with E-state index in [4.69, 9.17) is 9.47 Å². The second-order valence-corrected chi connectivity index (χ2v) is 7.40. The van der Waals surface area contributed by atoms with Gasteiger partial charge < -0.3 is 19.9 Å². The number of phenols is 1. The number of fused-ring (bicyclic) bond motifs is 2. The summed E-state index contributed by atoms with van der Waals surface area (Å²) in [7, 11) is 0. The van der Waals surface area contributed by atoms with Crippen molar-refractivity contribution >= 4 is 16.7 Å². The fraction of sp³-hybridized carbons (Fsp3) is 0.115. The van der Waals surface area contributed by atoms with E-state index in [-0.39, 0.29) is 11.7 Å². The van der Waals surface area contributed by atoms with Crippen molar-refractivity contribution in [2.75, 3.05) is 13.2 Å². The van der Waals surface area contributed by atoms with Crippen LogP contribution in [0.5, 0.6) is 17.2 Å². The summed E-state index contributed by atoms with van der Waals surface area (Å²) < 4.78 is 11.2. The van der Waals surface area contributed by atoms with Crippen LogP contribution in [0.1, 0.15) is 27.5 Å². The average Bonchev–Trinajstić information content (AvgIpc) is 2.83. The predicted octanol–water partition coefficient (Wildman–Crippen LogP) is 4.84. The summed E-state index contributed by atoms with van der Waals surface area (Å²) in [6, 6.07) is 25.6. The minimum absolute atomic E-state index is 0.134. The molecule has 1 amide bonds. The molecule has 5 nitrogen and oxygen atoms in total. The van der Waals surface area contributed by atoms with Crippen LogP contribution in [-0.4, -0.2) is 24.2 Å². The Bertz CT molecular complexity index is 1250. The smallest absolute Gasteiger partial charge is 0.252 e. The van der Waals surface area contributed by atoms with Crippen molar-refractivity contribution in [3.05, 3.63) is 102 Å². The lowest BCUT2D eigenvalue weighted by Gasteiger charge is -2.23. The van der Waals surface area contributed by atoms with Gasteiger partial charge in [-0.2, -0.15) is 0 Å². The normalized spacial score (nSPS) is 13.5. The zero-order valence-electron chi connectivity index (χ0n) is 16.7. The number of aromatic hydroxyl groups is 1. The molecule has 5 rings (SSSR count). The summed E-state index contributed by atoms with van der Waals surface area (Å²) in [4.78, 5) is 13.2. The van der Waals surface area contributed by atoms with Crippen molar-refractivity contribution in [2.45, 2.75) is 6.04 Å². The molecule has 5 heteroatoms. The minimum Gasteiger partial charge on any atom is -0.508 e. The Morgan fingerprint density at radius 1 is 0.839 bits per heavy atom. The number of hydrogen-bond donors (Lipinski definition) is 2. The number of hydrogen-bond acceptors (Lipinski definition) is 4. The first-order valence-electron chi connectivity index (χ1n) is 10.2. The third kappa shape index (κ3) is 3.66. The van der Waals surface area contributed by atoms with Crippen LogP contribution in [0.2, 0.25) is 0 Å². The van der Waals surface area contributed by atoms with Gasteiger partial charge in [0.2, 0.25) is 0 Å². The number of nitrogens with one attached hydrogen (secondary N) is 1. The van der Waals surface area contributed by atoms with Crippen molar-refractivity contribution < 1.29 is 19.4 Å². The molecular weight excluding hydrogens is 390 g/mol. The fourth-order valence-corrected chi connectivity index (χ4v) is 3.95. The second-order valence-electron chi connectivity index (χ2n) is 7.40. The number of carbonyl (C=O) groups is 1. The van der Waals surface area contributed by atoms with Gasteiger partial charge in [0.25, 0.3) is 5.91 Å². The van der Waals surface area contributed by atoms with Gasteiger partial charge in [-0.3, -0.25) is 4.79 Å². The predicted molar refractivity (Wildman–Crippen MR) is 119 cm³/mol. The summed E-state index contributed by atoms with van der Waals surface area (Å²) in [5, 5.41) is 15.8. The minimum atomic E-state index is -0.534. The molecule has 0 aromatic heterocycles. The van der Waals surface area contributed by atoms with Crippen molar-refractivity contribution in [1.29, 1.82) is 0 Å². The molecule has 2 N–H and O–H groups in total. The monoisotopic (exact) mass is 411 g/mol. The lowest BCUT2D eigenvalue weighted by molar-refractivity contribution is 0.0941. The van der Waals surface area contributed by atoms with Gasteiger partial charge >= 0.3 is 0 Å². The molecular formula is C26H21NO4. The molecule has 0 aliphatic carbocycles. The van der Waals surface area contributed by atoms with E-state index in [0.29, 0.717) is 35.8 Å². The molecule has 1 heterocycles. The van der Waals surface area contributed by atoms with Crippen LogP contribution in [0.4, 0.5) is 0 Å². The Kier molecular flexibility index (Phi) is 4.92. The van der Waals surface area contributed by atoms with Gasteiger partial charge in [0.1, 0.15) is 19.0 Å². The molecule has 1 aliphatic heterocycles. The molecule has 0 radical (unpaired) electrons. The molecule has 4 aromatic rings. The molecule has 0 saturated heterocycles. The molecule has 1 atom stereocenters. The number of ether oxygens (including phenoxy) is 2.